The number of aromatic amines is 1. The van der Waals surface area contributed by atoms with Crippen LogP contribution >= 0.6 is 0 Å². The van der Waals surface area contributed by atoms with Gasteiger partial charge in [-0.05, 0) is 24.3 Å². The van der Waals surface area contributed by atoms with E-state index in [4.69, 9.17) is 9.47 Å². The summed E-state index contributed by atoms with van der Waals surface area (Å²) in [5, 5.41) is 13.1. The number of benzene rings is 2. The molecule has 9 heteroatoms. The van der Waals surface area contributed by atoms with Crippen LogP contribution in [-0.2, 0) is 4.79 Å². The van der Waals surface area contributed by atoms with E-state index in [1.165, 1.54) is 4.90 Å². The molecule has 2 amide bonds. The number of para-hydroxylation sites is 2. The van der Waals surface area contributed by atoms with Crippen molar-refractivity contribution in [3.05, 3.63) is 54.2 Å². The molecule has 148 valence electrons. The first-order valence-electron chi connectivity index (χ1n) is 8.94. The van der Waals surface area contributed by atoms with Gasteiger partial charge in [-0.1, -0.05) is 18.2 Å². The van der Waals surface area contributed by atoms with Gasteiger partial charge in [0, 0.05) is 19.7 Å². The van der Waals surface area contributed by atoms with E-state index in [1.54, 1.807) is 56.7 Å². The molecule has 29 heavy (non-hydrogen) atoms. The predicted molar refractivity (Wildman–Crippen MR) is 105 cm³/mol. The Kier molecular flexibility index (Phi) is 4.86. The summed E-state index contributed by atoms with van der Waals surface area (Å²) in [4.78, 5) is 26.9. The van der Waals surface area contributed by atoms with Gasteiger partial charge in [0.05, 0.1) is 17.4 Å². The van der Waals surface area contributed by atoms with Gasteiger partial charge < -0.3 is 19.7 Å². The fraction of sp³-hybridized carbons (Fsp3) is 0.200. The van der Waals surface area contributed by atoms with Gasteiger partial charge in [0.1, 0.15) is 12.3 Å². The Bertz CT molecular complexity index is 1050. The van der Waals surface area contributed by atoms with Gasteiger partial charge in [-0.3, -0.25) is 9.59 Å². The Labute approximate surface area is 166 Å². The summed E-state index contributed by atoms with van der Waals surface area (Å²) in [5.74, 6) is 0.445. The molecule has 4 rings (SSSR count). The van der Waals surface area contributed by atoms with Gasteiger partial charge in [-0.15, -0.1) is 0 Å². The maximum atomic E-state index is 12.8. The van der Waals surface area contributed by atoms with Gasteiger partial charge in [0.2, 0.25) is 6.10 Å². The average Bonchev–Trinajstić information content (AvgIpc) is 3.28. The Morgan fingerprint density at radius 2 is 1.97 bits per heavy atom. The van der Waals surface area contributed by atoms with Crippen LogP contribution in [0, 0.1) is 0 Å². The first kappa shape index (κ1) is 18.5. The fourth-order valence-corrected chi connectivity index (χ4v) is 2.93. The SMILES string of the molecule is CN(C)C(=O)c1cc(-c2cn[nH]n2)ccc1NC(=O)C1COc2ccccc2O1. The van der Waals surface area contributed by atoms with Gasteiger partial charge in [-0.25, -0.2) is 0 Å². The lowest BCUT2D eigenvalue weighted by molar-refractivity contribution is -0.125. The lowest BCUT2D eigenvalue weighted by atomic mass is 10.0. The van der Waals surface area contributed by atoms with Crippen LogP contribution in [-0.4, -0.2) is 58.9 Å². The molecule has 1 aliphatic rings. The number of hydrogen-bond donors (Lipinski definition) is 2. The molecule has 0 bridgehead atoms. The van der Waals surface area contributed by atoms with Crippen LogP contribution in [0.5, 0.6) is 11.5 Å². The van der Waals surface area contributed by atoms with E-state index in [1.807, 2.05) is 6.07 Å². The van der Waals surface area contributed by atoms with E-state index in [0.717, 1.165) is 0 Å². The third-order valence-corrected chi connectivity index (χ3v) is 4.43. The second kappa shape index (κ2) is 7.63. The molecule has 1 atom stereocenters. The predicted octanol–water partition coefficient (Wildman–Crippen LogP) is 1.95. The van der Waals surface area contributed by atoms with Crippen molar-refractivity contribution < 1.29 is 19.1 Å². The van der Waals surface area contributed by atoms with Gasteiger partial charge in [0.25, 0.3) is 11.8 Å². The summed E-state index contributed by atoms with van der Waals surface area (Å²) in [6, 6.07) is 12.2. The van der Waals surface area contributed by atoms with Crippen LogP contribution in [0.1, 0.15) is 10.4 Å². The Balaban J connectivity index is 1.59. The molecule has 9 nitrogen and oxygen atoms in total. The van der Waals surface area contributed by atoms with E-state index in [-0.39, 0.29) is 12.5 Å². The number of amides is 2. The van der Waals surface area contributed by atoms with E-state index >= 15 is 0 Å². The number of H-pyrrole nitrogens is 1. The summed E-state index contributed by atoms with van der Waals surface area (Å²) >= 11 is 0. The summed E-state index contributed by atoms with van der Waals surface area (Å²) in [6.07, 6.45) is 0.727. The average molecular weight is 393 g/mol. The van der Waals surface area contributed by atoms with Crippen molar-refractivity contribution >= 4 is 17.5 Å². The van der Waals surface area contributed by atoms with Crippen molar-refractivity contribution in [1.29, 1.82) is 0 Å². The van der Waals surface area contributed by atoms with Crippen molar-refractivity contribution in [1.82, 2.24) is 20.3 Å². The molecular formula is C20H19N5O4. The number of ether oxygens (including phenoxy) is 2. The van der Waals surface area contributed by atoms with Crippen molar-refractivity contribution in [2.45, 2.75) is 6.10 Å². The van der Waals surface area contributed by atoms with Crippen molar-refractivity contribution in [2.75, 3.05) is 26.0 Å². The molecule has 0 radical (unpaired) electrons. The van der Waals surface area contributed by atoms with Gasteiger partial charge in [0.15, 0.2) is 11.5 Å². The number of anilines is 1. The number of fused-ring (bicyclic) bond motifs is 1. The molecule has 0 spiro atoms. The zero-order valence-electron chi connectivity index (χ0n) is 15.9. The highest BCUT2D eigenvalue weighted by Crippen LogP contribution is 2.31. The van der Waals surface area contributed by atoms with E-state index in [2.05, 4.69) is 20.7 Å². The summed E-state index contributed by atoms with van der Waals surface area (Å²) < 4.78 is 11.3. The van der Waals surface area contributed by atoms with Crippen molar-refractivity contribution in [2.24, 2.45) is 0 Å². The number of carbonyl (C=O) groups is 2. The molecule has 3 aromatic rings. The molecule has 1 unspecified atom stereocenters. The minimum atomic E-state index is -0.831. The molecule has 0 saturated carbocycles. The second-order valence-electron chi connectivity index (χ2n) is 6.67. The quantitative estimate of drug-likeness (QED) is 0.701. The molecule has 0 saturated heterocycles. The van der Waals surface area contributed by atoms with Crippen LogP contribution in [0.15, 0.2) is 48.7 Å². The third kappa shape index (κ3) is 3.75. The molecule has 2 heterocycles. The molecule has 0 fully saturated rings. The molecule has 0 aliphatic carbocycles. The summed E-state index contributed by atoms with van der Waals surface area (Å²) in [5.41, 5.74) is 2.01. The molecule has 1 aliphatic heterocycles. The largest absolute Gasteiger partial charge is 0.485 e. The third-order valence-electron chi connectivity index (χ3n) is 4.43. The van der Waals surface area contributed by atoms with Crippen molar-refractivity contribution in [3.8, 4) is 22.8 Å². The highest BCUT2D eigenvalue weighted by atomic mass is 16.6. The standard InChI is InChI=1S/C20H19N5O4/c1-25(2)20(27)13-9-12(15-10-21-24-23-15)7-8-14(13)22-19(26)18-11-28-16-5-3-4-6-17(16)29-18/h3-10,18H,11H2,1-2H3,(H,22,26)(H,21,23,24). The van der Waals surface area contributed by atoms with Crippen LogP contribution in [0.25, 0.3) is 11.3 Å². The zero-order chi connectivity index (χ0) is 20.4. The smallest absolute Gasteiger partial charge is 0.269 e. The lowest BCUT2D eigenvalue weighted by Crippen LogP contribution is -2.40. The molecule has 2 N–H and O–H groups in total. The Hall–Kier alpha value is -3.88. The summed E-state index contributed by atoms with van der Waals surface area (Å²) in [6.45, 7) is 0.0802. The van der Waals surface area contributed by atoms with E-state index in [9.17, 15) is 9.59 Å². The number of aromatic nitrogens is 3. The number of nitrogens with one attached hydrogen (secondary N) is 2. The minimum absolute atomic E-state index is 0.0802. The maximum absolute atomic E-state index is 12.8. The van der Waals surface area contributed by atoms with E-state index in [0.29, 0.717) is 34.0 Å². The Morgan fingerprint density at radius 1 is 1.17 bits per heavy atom. The highest BCUT2D eigenvalue weighted by Gasteiger charge is 2.28. The normalized spacial score (nSPS) is 14.9. The van der Waals surface area contributed by atoms with Crippen LogP contribution in [0.3, 0.4) is 0 Å². The second-order valence-corrected chi connectivity index (χ2v) is 6.67. The number of carbonyl (C=O) groups excluding carboxylic acids is 2. The fourth-order valence-electron chi connectivity index (χ4n) is 2.93. The van der Waals surface area contributed by atoms with Crippen LogP contribution in [0.2, 0.25) is 0 Å². The van der Waals surface area contributed by atoms with Gasteiger partial charge >= 0.3 is 0 Å². The lowest BCUT2D eigenvalue weighted by Gasteiger charge is -2.26. The first-order chi connectivity index (χ1) is 14.0. The molecular weight excluding hydrogens is 374 g/mol. The highest BCUT2D eigenvalue weighted by molar-refractivity contribution is 6.05. The maximum Gasteiger partial charge on any atom is 0.269 e. The van der Waals surface area contributed by atoms with Gasteiger partial charge in [-0.2, -0.15) is 15.4 Å². The zero-order valence-corrected chi connectivity index (χ0v) is 15.9. The minimum Gasteiger partial charge on any atom is -0.485 e. The number of nitrogens with zero attached hydrogens (tertiary/aromatic N) is 3. The number of rotatable bonds is 4. The first-order valence-corrected chi connectivity index (χ1v) is 8.94. The van der Waals surface area contributed by atoms with Crippen molar-refractivity contribution in [3.63, 3.8) is 0 Å². The van der Waals surface area contributed by atoms with Crippen LogP contribution < -0.4 is 14.8 Å². The molecule has 2 aromatic carbocycles. The van der Waals surface area contributed by atoms with Crippen LogP contribution in [0.4, 0.5) is 5.69 Å². The monoisotopic (exact) mass is 393 g/mol. The Morgan fingerprint density at radius 3 is 2.69 bits per heavy atom. The molecule has 1 aromatic heterocycles. The summed E-state index contributed by atoms with van der Waals surface area (Å²) in [7, 11) is 3.29. The van der Waals surface area contributed by atoms with E-state index < -0.39 is 12.0 Å². The topological polar surface area (TPSA) is 109 Å². The number of hydrogen-bond acceptors (Lipinski definition) is 6.